The van der Waals surface area contributed by atoms with Crippen LogP contribution in [-0.4, -0.2) is 133 Å². The van der Waals surface area contributed by atoms with Crippen molar-refractivity contribution < 1.29 is 61.3 Å². The van der Waals surface area contributed by atoms with Gasteiger partial charge in [0.05, 0.1) is 71.2 Å². The van der Waals surface area contributed by atoms with E-state index in [9.17, 15) is 61.3 Å². The van der Waals surface area contributed by atoms with Crippen molar-refractivity contribution in [3.63, 3.8) is 0 Å². The van der Waals surface area contributed by atoms with E-state index in [0.29, 0.717) is 120 Å². The lowest BCUT2D eigenvalue weighted by atomic mass is 9.60. The maximum atomic E-state index is 10.4. The van der Waals surface area contributed by atoms with Crippen LogP contribution in [-0.2, 0) is 0 Å². The molecule has 0 bridgehead atoms. The number of allylic oxidation sites excluding steroid dienone is 14. The smallest absolute Gasteiger partial charge is 0.0812 e. The van der Waals surface area contributed by atoms with E-state index in [1.165, 1.54) is 176 Å². The van der Waals surface area contributed by atoms with Gasteiger partial charge in [0.1, 0.15) is 0 Å². The molecule has 124 heavy (non-hydrogen) atoms. The van der Waals surface area contributed by atoms with E-state index in [0.717, 1.165) is 99.0 Å². The van der Waals surface area contributed by atoms with Crippen LogP contribution in [0.3, 0.4) is 0 Å². The highest BCUT2D eigenvalue weighted by atomic mass is 16.3. The molecule has 0 heterocycles. The van der Waals surface area contributed by atoms with E-state index in [1.54, 1.807) is 22.3 Å². The van der Waals surface area contributed by atoms with Crippen molar-refractivity contribution in [1.29, 1.82) is 0 Å². The molecule has 12 heteroatoms. The minimum Gasteiger partial charge on any atom is -0.392 e. The zero-order valence-electron chi connectivity index (χ0n) is 82.5. The van der Waals surface area contributed by atoms with Crippen molar-refractivity contribution in [2.24, 2.45) is 105 Å². The van der Waals surface area contributed by atoms with Crippen LogP contribution in [0.5, 0.6) is 0 Å². The summed E-state index contributed by atoms with van der Waals surface area (Å²) in [6.45, 7) is 43.2. The Balaban J connectivity index is 0.000000187. The number of aliphatic hydroxyl groups is 12. The highest BCUT2D eigenvalue weighted by molar-refractivity contribution is 5.34. The molecule has 0 aliphatic heterocycles. The molecular formula is C112H188O12. The Kier molecular flexibility index (Phi) is 38.4. The molecule has 0 amide bonds. The van der Waals surface area contributed by atoms with Gasteiger partial charge in [0, 0.05) is 11.8 Å². The molecule has 0 saturated heterocycles. The van der Waals surface area contributed by atoms with Crippen molar-refractivity contribution in [2.75, 3.05) is 0 Å². The molecule has 0 aromatic heterocycles. The van der Waals surface area contributed by atoms with Crippen molar-refractivity contribution >= 4 is 0 Å². The predicted octanol–water partition coefficient (Wildman–Crippen LogP) is 24.5. The molecule has 12 saturated carbocycles. The number of fused-ring (bicyclic) bond motifs is 4. The Morgan fingerprint density at radius 3 is 0.702 bits per heavy atom. The van der Waals surface area contributed by atoms with Crippen LogP contribution in [0.2, 0.25) is 0 Å². The minimum atomic E-state index is -0.552. The summed E-state index contributed by atoms with van der Waals surface area (Å²) in [5.41, 5.74) is 12.1. The van der Waals surface area contributed by atoms with Crippen LogP contribution in [0.1, 0.15) is 408 Å². The lowest BCUT2D eigenvalue weighted by molar-refractivity contribution is -0.00752. The van der Waals surface area contributed by atoms with E-state index in [2.05, 4.69) is 118 Å². The number of hydrogen-bond donors (Lipinski definition) is 12. The second-order valence-electron chi connectivity index (χ2n) is 47.1. The zero-order valence-corrected chi connectivity index (χ0v) is 82.5. The molecule has 24 atom stereocenters. The monoisotopic (exact) mass is 1730 g/mol. The lowest BCUT2D eigenvalue weighted by Crippen LogP contribution is -2.36. The Morgan fingerprint density at radius 2 is 0.516 bits per heavy atom. The van der Waals surface area contributed by atoms with E-state index in [4.69, 9.17) is 0 Å². The number of aliphatic hydroxyl groups excluding tert-OH is 8. The van der Waals surface area contributed by atoms with Gasteiger partial charge in [-0.1, -0.05) is 226 Å². The van der Waals surface area contributed by atoms with Gasteiger partial charge in [-0.25, -0.2) is 0 Å². The quantitative estimate of drug-likeness (QED) is 0.0362. The SMILES string of the molecule is CC=C1[C@H](O)CC(=C/C=C2\CCC[C@@]3(C)C2CCC3C(C)CCCC(C)(C)O)C[C@H]1O.CC=C1[C@H](O)CC(=C/C=C2\CCC[C@@]3(C)C2CCC3C(C)CCCC(C)(C)O)C[C@H]1O.CCC1[C@H](O)CC(=C/C=C2\CCC[C@@]3(C)C2CCC3C(C)CCCC(C)(C)O)C[C@H]1O.CCC1[C@H](O)CC(=C/C=C2\CCC[C@@]3(C)C2CCC3C(C)CCCC(C)(C)O)C[C@H]1O. The average Bonchev–Trinajstić information content (AvgIpc) is 1.62. The fourth-order valence-corrected chi connectivity index (χ4v) is 28.8. The van der Waals surface area contributed by atoms with Crippen LogP contribution >= 0.6 is 0 Å². The topological polar surface area (TPSA) is 243 Å². The number of hydrogen-bond acceptors (Lipinski definition) is 12. The standard InChI is InChI=1S/2C28H48O3.2C28H46O3/c4*1-6-22-25(29)17-20(18-26(22)30)11-12-21-10-8-16-28(5)23(13-14-24(21)28)19(2)9-7-15-27(3,4)31/h2*11-12,19,22-26,29-31H,6-10,13-18H2,1-5H3;2*6,11-12,19,23-26,29-31H,7-10,13-18H2,1-5H3/b2*20-11?,21-12+;2*20-11?,21-12+,22-6?/t2*19?,22?,23?,24?,25-,26-,28-;2*19?,23?,24?,25-,26-,28-/m1111/s1. The third-order valence-electron chi connectivity index (χ3n) is 35.7. The summed E-state index contributed by atoms with van der Waals surface area (Å²) in [6.07, 6.45) is 63.8. The minimum absolute atomic E-state index is 0.0243. The van der Waals surface area contributed by atoms with E-state index >= 15 is 0 Å². The molecule has 12 fully saturated rings. The summed E-state index contributed by atoms with van der Waals surface area (Å²) < 4.78 is 0. The molecular weight excluding hydrogens is 1540 g/mol. The molecule has 12 N–H and O–H groups in total. The van der Waals surface area contributed by atoms with Crippen LogP contribution < -0.4 is 0 Å². The largest absolute Gasteiger partial charge is 0.392 e. The van der Waals surface area contributed by atoms with Gasteiger partial charge in [-0.3, -0.25) is 0 Å². The molecule has 12 unspecified atom stereocenters. The average molecular weight is 1730 g/mol. The second-order valence-corrected chi connectivity index (χ2v) is 47.1. The molecule has 708 valence electrons. The molecule has 12 nitrogen and oxygen atoms in total. The highest BCUT2D eigenvalue weighted by Crippen LogP contribution is 2.64. The van der Waals surface area contributed by atoms with Gasteiger partial charge >= 0.3 is 0 Å². The fourth-order valence-electron chi connectivity index (χ4n) is 28.8. The van der Waals surface area contributed by atoms with Crippen molar-refractivity contribution in [3.8, 4) is 0 Å². The first-order valence-corrected chi connectivity index (χ1v) is 51.4. The normalized spacial score (nSPS) is 37.7. The van der Waals surface area contributed by atoms with E-state index < -0.39 is 71.2 Å². The number of rotatable bonds is 26. The molecule has 12 rings (SSSR count). The molecule has 0 aromatic rings. The molecule has 0 aromatic carbocycles. The maximum Gasteiger partial charge on any atom is 0.0812 e. The van der Waals surface area contributed by atoms with Gasteiger partial charge in [0.2, 0.25) is 0 Å². The van der Waals surface area contributed by atoms with Gasteiger partial charge in [-0.15, -0.1) is 0 Å². The first kappa shape index (κ1) is 105. The Hall–Kier alpha value is -3.08. The van der Waals surface area contributed by atoms with Gasteiger partial charge in [0.15, 0.2) is 0 Å². The summed E-state index contributed by atoms with van der Waals surface area (Å²) in [6, 6.07) is 0. The van der Waals surface area contributed by atoms with Crippen LogP contribution in [0.4, 0.5) is 0 Å². The first-order valence-electron chi connectivity index (χ1n) is 51.4. The van der Waals surface area contributed by atoms with E-state index in [-0.39, 0.29) is 11.8 Å². The molecule has 0 radical (unpaired) electrons. The van der Waals surface area contributed by atoms with Gasteiger partial charge in [-0.05, 0) is 391 Å². The van der Waals surface area contributed by atoms with E-state index in [1.807, 2.05) is 81.4 Å². The maximum absolute atomic E-state index is 10.4. The third kappa shape index (κ3) is 27.6. The fraction of sp³-hybridized carbons (Fsp3) is 0.821. The zero-order chi connectivity index (χ0) is 91.2. The predicted molar refractivity (Wildman–Crippen MR) is 515 cm³/mol. The Bertz CT molecular complexity index is 3380. The first-order chi connectivity index (χ1) is 58.2. The van der Waals surface area contributed by atoms with Crippen molar-refractivity contribution in [3.05, 3.63) is 116 Å². The summed E-state index contributed by atoms with van der Waals surface area (Å²) >= 11 is 0. The molecule has 0 spiro atoms. The second kappa shape index (κ2) is 45.6. The van der Waals surface area contributed by atoms with Crippen molar-refractivity contribution in [1.82, 2.24) is 0 Å². The lowest BCUT2D eigenvalue weighted by Gasteiger charge is -2.44. The third-order valence-corrected chi connectivity index (χ3v) is 35.7. The van der Waals surface area contributed by atoms with Gasteiger partial charge in [-0.2, -0.15) is 0 Å². The van der Waals surface area contributed by atoms with Crippen LogP contribution in [0.15, 0.2) is 116 Å². The highest BCUT2D eigenvalue weighted by Gasteiger charge is 2.55. The Morgan fingerprint density at radius 1 is 0.315 bits per heavy atom. The van der Waals surface area contributed by atoms with Crippen LogP contribution in [0, 0.1) is 105 Å². The summed E-state index contributed by atoms with van der Waals surface area (Å²) in [4.78, 5) is 0. The molecule has 12 aliphatic rings. The molecule has 12 aliphatic carbocycles. The summed E-state index contributed by atoms with van der Waals surface area (Å²) in [5.74, 6) is 8.69. The van der Waals surface area contributed by atoms with Crippen LogP contribution in [0.25, 0.3) is 0 Å². The van der Waals surface area contributed by atoms with Crippen molar-refractivity contribution in [2.45, 2.75) is 479 Å². The Labute approximate surface area is 757 Å². The van der Waals surface area contributed by atoms with Gasteiger partial charge < -0.3 is 61.3 Å². The van der Waals surface area contributed by atoms with Gasteiger partial charge in [0.25, 0.3) is 0 Å². The summed E-state index contributed by atoms with van der Waals surface area (Å²) in [5, 5.41) is 123. The summed E-state index contributed by atoms with van der Waals surface area (Å²) in [7, 11) is 0.